The number of thiazole rings is 1. The van der Waals surface area contributed by atoms with E-state index in [2.05, 4.69) is 20.5 Å². The van der Waals surface area contributed by atoms with Crippen molar-refractivity contribution in [3.05, 3.63) is 65.2 Å². The second-order valence-corrected chi connectivity index (χ2v) is 8.98. The summed E-state index contributed by atoms with van der Waals surface area (Å²) >= 11 is 3.73. The third kappa shape index (κ3) is 5.17. The Hall–Kier alpha value is -2.82. The third-order valence-electron chi connectivity index (χ3n) is 3.67. The van der Waals surface area contributed by atoms with E-state index < -0.39 is 0 Å². The van der Waals surface area contributed by atoms with Gasteiger partial charge in [-0.3, -0.25) is 14.9 Å². The van der Waals surface area contributed by atoms with Crippen molar-refractivity contribution in [1.82, 2.24) is 15.2 Å². The Morgan fingerprint density at radius 3 is 2.62 bits per heavy atom. The molecule has 0 aliphatic carbocycles. The molecule has 4 rings (SSSR count). The second kappa shape index (κ2) is 9.12. The molecule has 0 aliphatic heterocycles. The number of carbonyl (C=O) groups excluding carboxylic acids is 2. The van der Waals surface area contributed by atoms with E-state index in [1.54, 1.807) is 0 Å². The molecule has 0 unspecified atom stereocenters. The van der Waals surface area contributed by atoms with Gasteiger partial charge in [0.25, 0.3) is 5.91 Å². The van der Waals surface area contributed by atoms with Crippen LogP contribution in [-0.4, -0.2) is 32.8 Å². The lowest BCUT2D eigenvalue weighted by atomic mass is 10.2. The summed E-state index contributed by atoms with van der Waals surface area (Å²) in [6, 6.07) is 17.0. The molecule has 0 radical (unpaired) electrons. The molecule has 0 spiro atoms. The molecule has 0 saturated carbocycles. The number of hydrogen-bond acceptors (Lipinski definition) is 9. The molecule has 0 bridgehead atoms. The topological polar surface area (TPSA) is 94.1 Å². The molecule has 0 fully saturated rings. The zero-order chi connectivity index (χ0) is 20.1. The van der Waals surface area contributed by atoms with Crippen molar-refractivity contribution in [3.63, 3.8) is 0 Å². The summed E-state index contributed by atoms with van der Waals surface area (Å²) in [5.74, 6) is -0.553. The highest BCUT2D eigenvalue weighted by atomic mass is 32.2. The molecule has 7 nitrogen and oxygen atoms in total. The van der Waals surface area contributed by atoms with Crippen LogP contribution in [0.5, 0.6) is 0 Å². The van der Waals surface area contributed by atoms with Crippen molar-refractivity contribution in [3.8, 4) is 0 Å². The summed E-state index contributed by atoms with van der Waals surface area (Å²) in [7, 11) is 0. The SMILES string of the molecule is O=C(CSc1nnc(NC(=O)c2nc3ccccc3s2)s1)OCc1ccccc1. The maximum Gasteiger partial charge on any atom is 0.316 e. The number of hydrogen-bond donors (Lipinski definition) is 1. The number of ether oxygens (including phenoxy) is 1. The number of nitrogens with one attached hydrogen (secondary N) is 1. The fourth-order valence-electron chi connectivity index (χ4n) is 2.34. The largest absolute Gasteiger partial charge is 0.460 e. The van der Waals surface area contributed by atoms with Gasteiger partial charge in [0.15, 0.2) is 9.35 Å². The van der Waals surface area contributed by atoms with Gasteiger partial charge in [-0.05, 0) is 17.7 Å². The standard InChI is InChI=1S/C19H14N4O3S3/c24-15(26-10-12-6-2-1-3-7-12)11-27-19-23-22-18(29-19)21-16(25)17-20-13-8-4-5-9-14(13)28-17/h1-9H,10-11H2,(H,21,22,25). The second-order valence-electron chi connectivity index (χ2n) is 5.75. The van der Waals surface area contributed by atoms with Gasteiger partial charge >= 0.3 is 5.97 Å². The fourth-order valence-corrected chi connectivity index (χ4v) is 4.74. The smallest absolute Gasteiger partial charge is 0.316 e. The van der Waals surface area contributed by atoms with Crippen LogP contribution in [0.15, 0.2) is 58.9 Å². The monoisotopic (exact) mass is 442 g/mol. The van der Waals surface area contributed by atoms with Crippen molar-refractivity contribution in [2.24, 2.45) is 0 Å². The molecular formula is C19H14N4O3S3. The lowest BCUT2D eigenvalue weighted by Gasteiger charge is -2.03. The molecule has 146 valence electrons. The van der Waals surface area contributed by atoms with E-state index in [4.69, 9.17) is 4.74 Å². The number of amides is 1. The summed E-state index contributed by atoms with van der Waals surface area (Å²) in [6.45, 7) is 0.236. The Balaban J connectivity index is 1.28. The van der Waals surface area contributed by atoms with Gasteiger partial charge in [-0.1, -0.05) is 65.6 Å². The molecule has 0 atom stereocenters. The van der Waals surface area contributed by atoms with Crippen LogP contribution < -0.4 is 5.32 Å². The van der Waals surface area contributed by atoms with Crippen molar-refractivity contribution in [1.29, 1.82) is 0 Å². The lowest BCUT2D eigenvalue weighted by Crippen LogP contribution is -2.11. The number of nitrogens with zero attached hydrogens (tertiary/aromatic N) is 3. The van der Waals surface area contributed by atoms with E-state index in [-0.39, 0.29) is 24.2 Å². The molecule has 1 amide bonds. The first-order valence-corrected chi connectivity index (χ1v) is 11.1. The number of carbonyl (C=O) groups is 2. The van der Waals surface area contributed by atoms with Crippen LogP contribution in [0.4, 0.5) is 5.13 Å². The minimum atomic E-state index is -0.339. The van der Waals surface area contributed by atoms with Gasteiger partial charge in [-0.15, -0.1) is 21.5 Å². The highest BCUT2D eigenvalue weighted by Crippen LogP contribution is 2.27. The number of esters is 1. The van der Waals surface area contributed by atoms with Gasteiger partial charge in [0.05, 0.1) is 16.0 Å². The summed E-state index contributed by atoms with van der Waals surface area (Å²) in [5.41, 5.74) is 1.71. The Labute approximate surface area is 178 Å². The van der Waals surface area contributed by atoms with Crippen molar-refractivity contribution >= 4 is 61.7 Å². The maximum absolute atomic E-state index is 12.4. The van der Waals surface area contributed by atoms with Gasteiger partial charge in [-0.25, -0.2) is 4.98 Å². The van der Waals surface area contributed by atoms with Crippen LogP contribution in [0.2, 0.25) is 0 Å². The van der Waals surface area contributed by atoms with Crippen LogP contribution >= 0.6 is 34.4 Å². The first kappa shape index (κ1) is 19.5. The van der Waals surface area contributed by atoms with Crippen LogP contribution in [0.3, 0.4) is 0 Å². The molecule has 2 heterocycles. The van der Waals surface area contributed by atoms with E-state index in [9.17, 15) is 9.59 Å². The lowest BCUT2D eigenvalue weighted by molar-refractivity contribution is -0.141. The van der Waals surface area contributed by atoms with Gasteiger partial charge in [0.1, 0.15) is 6.61 Å². The first-order valence-electron chi connectivity index (χ1n) is 8.50. The van der Waals surface area contributed by atoms with E-state index in [1.165, 1.54) is 34.4 Å². The van der Waals surface area contributed by atoms with Gasteiger partial charge in [-0.2, -0.15) is 0 Å². The fraction of sp³-hybridized carbons (Fsp3) is 0.105. The normalized spacial score (nSPS) is 10.8. The molecule has 10 heteroatoms. The number of anilines is 1. The molecule has 0 aliphatic rings. The average Bonchev–Trinajstić information content (AvgIpc) is 3.38. The summed E-state index contributed by atoms with van der Waals surface area (Å²) in [6.07, 6.45) is 0. The van der Waals surface area contributed by atoms with Gasteiger partial charge in [0, 0.05) is 0 Å². The Bertz CT molecular complexity index is 1110. The number of rotatable bonds is 7. The van der Waals surface area contributed by atoms with Gasteiger partial charge < -0.3 is 4.74 Å². The molecular weight excluding hydrogens is 428 g/mol. The number of benzene rings is 2. The van der Waals surface area contributed by atoms with E-state index >= 15 is 0 Å². The Morgan fingerprint density at radius 1 is 1.00 bits per heavy atom. The summed E-state index contributed by atoms with van der Waals surface area (Å²) in [4.78, 5) is 28.6. The molecule has 29 heavy (non-hydrogen) atoms. The van der Waals surface area contributed by atoms with E-state index in [0.29, 0.717) is 14.5 Å². The van der Waals surface area contributed by atoms with Crippen molar-refractivity contribution < 1.29 is 14.3 Å². The molecule has 4 aromatic rings. The zero-order valence-corrected chi connectivity index (χ0v) is 17.4. The average molecular weight is 443 g/mol. The van der Waals surface area contributed by atoms with Gasteiger partial charge in [0.2, 0.25) is 5.13 Å². The molecule has 0 saturated heterocycles. The highest BCUT2D eigenvalue weighted by Gasteiger charge is 2.15. The number of para-hydroxylation sites is 1. The van der Waals surface area contributed by atoms with Crippen LogP contribution in [0.1, 0.15) is 15.4 Å². The predicted molar refractivity (Wildman–Crippen MR) is 114 cm³/mol. The molecule has 1 N–H and O–H groups in total. The quantitative estimate of drug-likeness (QED) is 0.260. The summed E-state index contributed by atoms with van der Waals surface area (Å²) in [5, 5.41) is 11.4. The molecule has 2 aromatic carbocycles. The zero-order valence-electron chi connectivity index (χ0n) is 14.9. The first-order chi connectivity index (χ1) is 14.2. The van der Waals surface area contributed by atoms with Crippen molar-refractivity contribution in [2.75, 3.05) is 11.1 Å². The Morgan fingerprint density at radius 2 is 1.79 bits per heavy atom. The van der Waals surface area contributed by atoms with E-state index in [0.717, 1.165) is 15.8 Å². The minimum absolute atomic E-state index is 0.118. The summed E-state index contributed by atoms with van der Waals surface area (Å²) < 4.78 is 6.74. The highest BCUT2D eigenvalue weighted by molar-refractivity contribution is 8.01. The van der Waals surface area contributed by atoms with Crippen LogP contribution in [0, 0.1) is 0 Å². The predicted octanol–water partition coefficient (Wildman–Crippen LogP) is 4.24. The Kier molecular flexibility index (Phi) is 6.13. The third-order valence-corrected chi connectivity index (χ3v) is 6.65. The van der Waals surface area contributed by atoms with Crippen molar-refractivity contribution in [2.45, 2.75) is 10.9 Å². The number of aromatic nitrogens is 3. The maximum atomic E-state index is 12.4. The molecule has 2 aromatic heterocycles. The van der Waals surface area contributed by atoms with Crippen LogP contribution in [-0.2, 0) is 16.1 Å². The van der Waals surface area contributed by atoms with Crippen LogP contribution in [0.25, 0.3) is 10.2 Å². The van der Waals surface area contributed by atoms with E-state index in [1.807, 2.05) is 54.6 Å². The minimum Gasteiger partial charge on any atom is -0.460 e. The number of thioether (sulfide) groups is 1. The number of fused-ring (bicyclic) bond motifs is 1.